The van der Waals surface area contributed by atoms with Gasteiger partial charge in [0.25, 0.3) is 5.91 Å². The van der Waals surface area contributed by atoms with Gasteiger partial charge >= 0.3 is 6.09 Å². The molecule has 30 heavy (non-hydrogen) atoms. The second-order valence-corrected chi connectivity index (χ2v) is 9.23. The van der Waals surface area contributed by atoms with Crippen molar-refractivity contribution in [2.45, 2.75) is 31.1 Å². The fraction of sp³-hybridized carbons (Fsp3) is 0.600. The molecule has 2 aliphatic rings. The van der Waals surface area contributed by atoms with Gasteiger partial charge in [-0.25, -0.2) is 13.2 Å². The lowest BCUT2D eigenvalue weighted by Crippen LogP contribution is -2.51. The molecule has 3 rings (SSSR count). The van der Waals surface area contributed by atoms with Gasteiger partial charge in [0.1, 0.15) is 5.75 Å². The van der Waals surface area contributed by atoms with Crippen molar-refractivity contribution in [3.05, 3.63) is 24.3 Å². The maximum absolute atomic E-state index is 12.7. The van der Waals surface area contributed by atoms with Crippen LogP contribution in [0, 0.1) is 0 Å². The van der Waals surface area contributed by atoms with Gasteiger partial charge in [-0.15, -0.1) is 0 Å². The van der Waals surface area contributed by atoms with Crippen LogP contribution in [0.5, 0.6) is 5.75 Å². The second kappa shape index (κ2) is 10.1. The number of carbonyl (C=O) groups excluding carboxylic acids is 2. The number of piperidine rings is 1. The molecule has 166 valence electrons. The van der Waals surface area contributed by atoms with Crippen LogP contribution in [-0.2, 0) is 19.6 Å². The van der Waals surface area contributed by atoms with E-state index in [4.69, 9.17) is 9.47 Å². The first-order valence-corrected chi connectivity index (χ1v) is 11.8. The monoisotopic (exact) mass is 439 g/mol. The predicted molar refractivity (Wildman–Crippen MR) is 110 cm³/mol. The Morgan fingerprint density at radius 1 is 0.900 bits per heavy atom. The molecule has 0 unspecified atom stereocenters. The van der Waals surface area contributed by atoms with Crippen molar-refractivity contribution in [3.63, 3.8) is 0 Å². The van der Waals surface area contributed by atoms with Crippen LogP contribution in [0.25, 0.3) is 0 Å². The lowest BCUT2D eigenvalue weighted by atomic mass is 10.2. The van der Waals surface area contributed by atoms with Crippen LogP contribution in [0.3, 0.4) is 0 Å². The quantitative estimate of drug-likeness (QED) is 0.667. The largest absolute Gasteiger partial charge is 0.484 e. The Hall–Kier alpha value is -2.33. The molecule has 1 aromatic carbocycles. The van der Waals surface area contributed by atoms with E-state index in [1.54, 1.807) is 28.9 Å². The van der Waals surface area contributed by atoms with Crippen LogP contribution in [0.4, 0.5) is 4.79 Å². The van der Waals surface area contributed by atoms with E-state index < -0.39 is 10.0 Å². The molecule has 0 aliphatic carbocycles. The van der Waals surface area contributed by atoms with Crippen LogP contribution >= 0.6 is 0 Å². The molecular formula is C20H29N3O6S. The molecule has 2 heterocycles. The second-order valence-electron chi connectivity index (χ2n) is 7.29. The Balaban J connectivity index is 1.48. The Labute approximate surface area is 177 Å². The first kappa shape index (κ1) is 22.4. The molecule has 1 aromatic rings. The summed E-state index contributed by atoms with van der Waals surface area (Å²) in [5, 5.41) is 0. The summed E-state index contributed by atoms with van der Waals surface area (Å²) in [5.74, 6) is 0.259. The van der Waals surface area contributed by atoms with Crippen LogP contribution in [-0.4, -0.2) is 87.0 Å². The summed E-state index contributed by atoms with van der Waals surface area (Å²) < 4.78 is 37.4. The average Bonchev–Trinajstić information content (AvgIpc) is 2.78. The minimum atomic E-state index is -3.48. The molecule has 2 fully saturated rings. The number of carbonyl (C=O) groups is 2. The molecule has 0 N–H and O–H groups in total. The maximum atomic E-state index is 12.7. The van der Waals surface area contributed by atoms with Crippen LogP contribution in [0.2, 0.25) is 0 Å². The standard InChI is InChI=1S/C20H29N3O6S/c1-2-28-20(25)22-14-12-21(13-15-22)19(24)16-29-17-6-8-18(9-7-17)30(26,27)23-10-4-3-5-11-23/h6-9H,2-5,10-16H2,1H3. The summed E-state index contributed by atoms with van der Waals surface area (Å²) in [6.45, 7) is 4.74. The summed E-state index contributed by atoms with van der Waals surface area (Å²) in [6.07, 6.45) is 2.47. The van der Waals surface area contributed by atoms with Crippen molar-refractivity contribution < 1.29 is 27.5 Å². The molecule has 0 radical (unpaired) electrons. The minimum absolute atomic E-state index is 0.141. The molecule has 0 atom stereocenters. The maximum Gasteiger partial charge on any atom is 0.409 e. The Morgan fingerprint density at radius 3 is 2.10 bits per heavy atom. The van der Waals surface area contributed by atoms with Gasteiger partial charge in [-0.05, 0) is 44.0 Å². The molecule has 10 heteroatoms. The lowest BCUT2D eigenvalue weighted by Gasteiger charge is -2.33. The number of amides is 2. The fourth-order valence-corrected chi connectivity index (χ4v) is 5.07. The van der Waals surface area contributed by atoms with Gasteiger partial charge in [0.2, 0.25) is 10.0 Å². The number of hydrogen-bond donors (Lipinski definition) is 0. The van der Waals surface area contributed by atoms with Crippen molar-refractivity contribution >= 4 is 22.0 Å². The highest BCUT2D eigenvalue weighted by atomic mass is 32.2. The smallest absolute Gasteiger partial charge is 0.409 e. The third kappa shape index (κ3) is 5.42. The summed E-state index contributed by atoms with van der Waals surface area (Å²) >= 11 is 0. The normalized spacial score (nSPS) is 18.2. The summed E-state index contributed by atoms with van der Waals surface area (Å²) in [6, 6.07) is 6.18. The molecule has 0 spiro atoms. The number of ether oxygens (including phenoxy) is 2. The number of piperazine rings is 1. The fourth-order valence-electron chi connectivity index (χ4n) is 3.55. The van der Waals surface area contributed by atoms with Crippen molar-refractivity contribution in [1.82, 2.24) is 14.1 Å². The van der Waals surface area contributed by atoms with Crippen molar-refractivity contribution in [3.8, 4) is 5.75 Å². The molecule has 2 saturated heterocycles. The Bertz CT molecular complexity index is 829. The van der Waals surface area contributed by atoms with Gasteiger partial charge in [-0.2, -0.15) is 4.31 Å². The van der Waals surface area contributed by atoms with E-state index in [9.17, 15) is 18.0 Å². The lowest BCUT2D eigenvalue weighted by molar-refractivity contribution is -0.134. The highest BCUT2D eigenvalue weighted by molar-refractivity contribution is 7.89. The molecule has 2 aliphatic heterocycles. The number of rotatable bonds is 6. The van der Waals surface area contributed by atoms with Gasteiger partial charge in [0, 0.05) is 39.3 Å². The third-order valence-corrected chi connectivity index (χ3v) is 7.21. The molecule has 0 saturated carbocycles. The Kier molecular flexibility index (Phi) is 7.54. The number of hydrogen-bond acceptors (Lipinski definition) is 6. The molecule has 0 bridgehead atoms. The van der Waals surface area contributed by atoms with E-state index in [0.29, 0.717) is 51.6 Å². The van der Waals surface area contributed by atoms with E-state index in [1.165, 1.54) is 16.4 Å². The van der Waals surface area contributed by atoms with Crippen LogP contribution in [0.15, 0.2) is 29.2 Å². The third-order valence-electron chi connectivity index (χ3n) is 5.30. The van der Waals surface area contributed by atoms with Crippen LogP contribution < -0.4 is 4.74 Å². The Morgan fingerprint density at radius 2 is 1.50 bits per heavy atom. The van der Waals surface area contributed by atoms with Crippen molar-refractivity contribution in [2.24, 2.45) is 0 Å². The van der Waals surface area contributed by atoms with Gasteiger partial charge in [0.05, 0.1) is 11.5 Å². The number of sulfonamides is 1. The number of benzene rings is 1. The first-order valence-electron chi connectivity index (χ1n) is 10.3. The van der Waals surface area contributed by atoms with Gasteiger partial charge < -0.3 is 19.3 Å². The predicted octanol–water partition coefficient (Wildman–Crippen LogP) is 1.54. The van der Waals surface area contributed by atoms with E-state index in [-0.39, 0.29) is 23.5 Å². The SMILES string of the molecule is CCOC(=O)N1CCN(C(=O)COc2ccc(S(=O)(=O)N3CCCCC3)cc2)CC1. The zero-order valence-electron chi connectivity index (χ0n) is 17.3. The van der Waals surface area contributed by atoms with Gasteiger partial charge in [0.15, 0.2) is 6.61 Å². The molecule has 9 nitrogen and oxygen atoms in total. The summed E-state index contributed by atoms with van der Waals surface area (Å²) in [5.41, 5.74) is 0. The van der Waals surface area contributed by atoms with Gasteiger partial charge in [-0.1, -0.05) is 6.42 Å². The zero-order valence-corrected chi connectivity index (χ0v) is 18.1. The van der Waals surface area contributed by atoms with Crippen molar-refractivity contribution in [2.75, 3.05) is 52.5 Å². The van der Waals surface area contributed by atoms with Crippen molar-refractivity contribution in [1.29, 1.82) is 0 Å². The van der Waals surface area contributed by atoms with Gasteiger partial charge in [-0.3, -0.25) is 4.79 Å². The first-order chi connectivity index (χ1) is 14.4. The van der Waals surface area contributed by atoms with E-state index >= 15 is 0 Å². The summed E-state index contributed by atoms with van der Waals surface area (Å²) in [4.78, 5) is 27.5. The van der Waals surface area contributed by atoms with Crippen LogP contribution in [0.1, 0.15) is 26.2 Å². The number of nitrogens with zero attached hydrogens (tertiary/aromatic N) is 3. The molecule has 2 amide bonds. The van der Waals surface area contributed by atoms with E-state index in [0.717, 1.165) is 19.3 Å². The highest BCUT2D eigenvalue weighted by Gasteiger charge is 2.27. The van der Waals surface area contributed by atoms with E-state index in [1.807, 2.05) is 0 Å². The zero-order chi connectivity index (χ0) is 21.6. The average molecular weight is 440 g/mol. The summed E-state index contributed by atoms with van der Waals surface area (Å²) in [7, 11) is -3.48. The highest BCUT2D eigenvalue weighted by Crippen LogP contribution is 2.22. The topological polar surface area (TPSA) is 96.5 Å². The minimum Gasteiger partial charge on any atom is -0.484 e. The van der Waals surface area contributed by atoms with E-state index in [2.05, 4.69) is 0 Å². The molecular weight excluding hydrogens is 410 g/mol. The molecule has 0 aromatic heterocycles.